The summed E-state index contributed by atoms with van der Waals surface area (Å²) < 4.78 is 51.7. The fraction of sp³-hybridized carbons (Fsp3) is 0.333. The van der Waals surface area contributed by atoms with Crippen LogP contribution in [0.3, 0.4) is 0 Å². The number of carbonyl (C=O) groups is 2. The van der Waals surface area contributed by atoms with E-state index in [0.29, 0.717) is 31.1 Å². The summed E-state index contributed by atoms with van der Waals surface area (Å²) in [5.41, 5.74) is 0.160. The van der Waals surface area contributed by atoms with Crippen LogP contribution in [-0.4, -0.2) is 48.1 Å². The lowest BCUT2D eigenvalue weighted by atomic mass is 10.1. The standard InChI is InChI=1S/C21H19F4N3O2S/c22-14-2-4-15(5-3-14)27-7-9-28(10-8-27)19(29)12-18-20(30)26-16-11-13(21(23,24)25)1-6-17(16)31-18/h1-6,11,18H,7-10,12H2,(H,26,30)/t18-/m1/s1. The molecule has 0 bridgehead atoms. The molecule has 31 heavy (non-hydrogen) atoms. The van der Waals surface area contributed by atoms with Gasteiger partial charge in [0.05, 0.1) is 16.5 Å². The molecule has 1 saturated heterocycles. The number of hydrogen-bond acceptors (Lipinski definition) is 4. The maximum Gasteiger partial charge on any atom is 0.416 e. The van der Waals surface area contributed by atoms with Gasteiger partial charge in [0.1, 0.15) is 5.82 Å². The maximum atomic E-state index is 13.1. The predicted molar refractivity (Wildman–Crippen MR) is 110 cm³/mol. The predicted octanol–water partition coefficient (Wildman–Crippen LogP) is 4.00. The average molecular weight is 453 g/mol. The van der Waals surface area contributed by atoms with Crippen LogP contribution in [0.25, 0.3) is 0 Å². The van der Waals surface area contributed by atoms with Crippen molar-refractivity contribution in [1.29, 1.82) is 0 Å². The SMILES string of the molecule is O=C1Nc2cc(C(F)(F)F)ccc2S[C@@H]1CC(=O)N1CCN(c2ccc(F)cc2)CC1. The van der Waals surface area contributed by atoms with Gasteiger partial charge in [-0.15, -0.1) is 11.8 Å². The normalized spacial score (nSPS) is 19.1. The highest BCUT2D eigenvalue weighted by Gasteiger charge is 2.35. The van der Waals surface area contributed by atoms with Crippen LogP contribution in [0.15, 0.2) is 47.4 Å². The molecule has 0 aliphatic carbocycles. The molecule has 0 spiro atoms. The Morgan fingerprint density at radius 1 is 1.06 bits per heavy atom. The van der Waals surface area contributed by atoms with E-state index >= 15 is 0 Å². The highest BCUT2D eigenvalue weighted by Crippen LogP contribution is 2.40. The first-order valence-electron chi connectivity index (χ1n) is 9.68. The van der Waals surface area contributed by atoms with Gasteiger partial charge in [0.2, 0.25) is 11.8 Å². The fourth-order valence-electron chi connectivity index (χ4n) is 3.61. The molecule has 2 aromatic carbocycles. The van der Waals surface area contributed by atoms with Crippen LogP contribution in [0.2, 0.25) is 0 Å². The number of halogens is 4. The Morgan fingerprint density at radius 2 is 1.74 bits per heavy atom. The van der Waals surface area contributed by atoms with Gasteiger partial charge in [-0.3, -0.25) is 9.59 Å². The van der Waals surface area contributed by atoms with Crippen molar-refractivity contribution in [2.75, 3.05) is 36.4 Å². The van der Waals surface area contributed by atoms with Crippen molar-refractivity contribution >= 4 is 35.0 Å². The first-order valence-corrected chi connectivity index (χ1v) is 10.6. The van der Waals surface area contributed by atoms with Crippen molar-refractivity contribution in [1.82, 2.24) is 4.90 Å². The Balaban J connectivity index is 1.35. The molecule has 5 nitrogen and oxygen atoms in total. The number of alkyl halides is 3. The van der Waals surface area contributed by atoms with Crippen LogP contribution in [0.5, 0.6) is 0 Å². The molecule has 10 heteroatoms. The summed E-state index contributed by atoms with van der Waals surface area (Å²) in [5.74, 6) is -0.964. The van der Waals surface area contributed by atoms with Gasteiger partial charge >= 0.3 is 6.18 Å². The minimum absolute atomic E-state index is 0.0342. The van der Waals surface area contributed by atoms with E-state index in [-0.39, 0.29) is 23.8 Å². The van der Waals surface area contributed by atoms with Crippen molar-refractivity contribution in [3.63, 3.8) is 0 Å². The zero-order valence-electron chi connectivity index (χ0n) is 16.3. The lowest BCUT2D eigenvalue weighted by Crippen LogP contribution is -2.49. The minimum Gasteiger partial charge on any atom is -0.368 e. The topological polar surface area (TPSA) is 52.7 Å². The van der Waals surface area contributed by atoms with Crippen LogP contribution in [0, 0.1) is 5.82 Å². The minimum atomic E-state index is -4.49. The summed E-state index contributed by atoms with van der Waals surface area (Å²) in [6.45, 7) is 2.12. The summed E-state index contributed by atoms with van der Waals surface area (Å²) >= 11 is 1.10. The number of amides is 2. The molecule has 0 saturated carbocycles. The number of anilines is 2. The highest BCUT2D eigenvalue weighted by atomic mass is 32.2. The van der Waals surface area contributed by atoms with E-state index in [9.17, 15) is 27.2 Å². The number of carbonyl (C=O) groups excluding carboxylic acids is 2. The van der Waals surface area contributed by atoms with Crippen molar-refractivity contribution < 1.29 is 27.2 Å². The van der Waals surface area contributed by atoms with Gasteiger partial charge in [0.15, 0.2) is 0 Å². The number of nitrogens with zero attached hydrogens (tertiary/aromatic N) is 2. The van der Waals surface area contributed by atoms with Crippen molar-refractivity contribution in [3.05, 3.63) is 53.8 Å². The molecule has 1 atom stereocenters. The largest absolute Gasteiger partial charge is 0.416 e. The second-order valence-electron chi connectivity index (χ2n) is 7.35. The molecule has 0 unspecified atom stereocenters. The Bertz CT molecular complexity index is 989. The van der Waals surface area contributed by atoms with Crippen molar-refractivity contribution in [2.24, 2.45) is 0 Å². The zero-order valence-corrected chi connectivity index (χ0v) is 17.1. The van der Waals surface area contributed by atoms with Gasteiger partial charge in [-0.1, -0.05) is 0 Å². The molecule has 4 rings (SSSR count). The van der Waals surface area contributed by atoms with E-state index in [1.165, 1.54) is 18.2 Å². The molecule has 2 heterocycles. The van der Waals surface area contributed by atoms with E-state index in [0.717, 1.165) is 29.6 Å². The van der Waals surface area contributed by atoms with Crippen LogP contribution in [-0.2, 0) is 15.8 Å². The maximum absolute atomic E-state index is 13.1. The molecule has 2 aromatic rings. The summed E-state index contributed by atoms with van der Waals surface area (Å²) in [6, 6.07) is 9.36. The number of nitrogens with one attached hydrogen (secondary N) is 1. The molecule has 2 amide bonds. The van der Waals surface area contributed by atoms with E-state index in [4.69, 9.17) is 0 Å². The second-order valence-corrected chi connectivity index (χ2v) is 8.60. The van der Waals surface area contributed by atoms with Gasteiger partial charge < -0.3 is 15.1 Å². The summed E-state index contributed by atoms with van der Waals surface area (Å²) in [7, 11) is 0. The van der Waals surface area contributed by atoms with E-state index in [1.807, 2.05) is 0 Å². The molecule has 2 aliphatic heterocycles. The fourth-order valence-corrected chi connectivity index (χ4v) is 4.70. The Labute approximate surface area is 180 Å². The van der Waals surface area contributed by atoms with E-state index < -0.39 is 22.9 Å². The molecule has 0 radical (unpaired) electrons. The zero-order chi connectivity index (χ0) is 22.2. The third-order valence-electron chi connectivity index (χ3n) is 5.31. The first kappa shape index (κ1) is 21.5. The monoisotopic (exact) mass is 453 g/mol. The van der Waals surface area contributed by atoms with Gasteiger partial charge in [-0.25, -0.2) is 4.39 Å². The third kappa shape index (κ3) is 4.79. The van der Waals surface area contributed by atoms with Gasteiger partial charge in [0, 0.05) is 43.2 Å². The van der Waals surface area contributed by atoms with Gasteiger partial charge in [-0.05, 0) is 42.5 Å². The van der Waals surface area contributed by atoms with Gasteiger partial charge in [0.25, 0.3) is 0 Å². The summed E-state index contributed by atoms with van der Waals surface area (Å²) in [6.07, 6.45) is -4.53. The van der Waals surface area contributed by atoms with Crippen molar-refractivity contribution in [2.45, 2.75) is 22.7 Å². The third-order valence-corrected chi connectivity index (χ3v) is 6.59. The van der Waals surface area contributed by atoms with E-state index in [1.54, 1.807) is 17.0 Å². The molecule has 0 aromatic heterocycles. The number of benzene rings is 2. The summed E-state index contributed by atoms with van der Waals surface area (Å²) in [4.78, 5) is 29.3. The number of piperazine rings is 1. The molecule has 1 N–H and O–H groups in total. The van der Waals surface area contributed by atoms with Gasteiger partial charge in [-0.2, -0.15) is 13.2 Å². The first-order chi connectivity index (χ1) is 14.7. The lowest BCUT2D eigenvalue weighted by molar-refractivity contribution is -0.137. The average Bonchev–Trinajstić information content (AvgIpc) is 2.74. The number of rotatable bonds is 3. The Kier molecular flexibility index (Phi) is 5.83. The smallest absolute Gasteiger partial charge is 0.368 e. The van der Waals surface area contributed by atoms with Crippen LogP contribution in [0.4, 0.5) is 28.9 Å². The van der Waals surface area contributed by atoms with Crippen LogP contribution < -0.4 is 10.2 Å². The lowest BCUT2D eigenvalue weighted by Gasteiger charge is -2.36. The molecular formula is C21H19F4N3O2S. The number of thioether (sulfide) groups is 1. The number of hydrogen-bond donors (Lipinski definition) is 1. The molecule has 164 valence electrons. The van der Waals surface area contributed by atoms with E-state index in [2.05, 4.69) is 10.2 Å². The van der Waals surface area contributed by atoms with Crippen molar-refractivity contribution in [3.8, 4) is 0 Å². The highest BCUT2D eigenvalue weighted by molar-refractivity contribution is 8.01. The second kappa shape index (κ2) is 8.41. The Morgan fingerprint density at radius 3 is 2.39 bits per heavy atom. The van der Waals surface area contributed by atoms with Crippen LogP contribution in [0.1, 0.15) is 12.0 Å². The Hall–Kier alpha value is -2.75. The molecule has 2 aliphatic rings. The number of fused-ring (bicyclic) bond motifs is 1. The summed E-state index contributed by atoms with van der Waals surface area (Å²) in [5, 5.41) is 1.79. The quantitative estimate of drug-likeness (QED) is 0.714. The van der Waals surface area contributed by atoms with Crippen LogP contribution >= 0.6 is 11.8 Å². The molecule has 1 fully saturated rings. The molecular weight excluding hydrogens is 434 g/mol.